The van der Waals surface area contributed by atoms with Crippen molar-refractivity contribution in [2.24, 2.45) is 0 Å². The molecule has 0 saturated carbocycles. The van der Waals surface area contributed by atoms with Crippen molar-refractivity contribution in [3.63, 3.8) is 0 Å². The van der Waals surface area contributed by atoms with E-state index in [-0.39, 0.29) is 31.0 Å². The fourth-order valence-corrected chi connectivity index (χ4v) is 4.04. The maximum Gasteiger partial charge on any atom is 0.240 e. The fraction of sp³-hybridized carbons (Fsp3) is 0.300. The number of anilines is 2. The van der Waals surface area contributed by atoms with Crippen LogP contribution in [-0.4, -0.2) is 40.1 Å². The molecule has 0 N–H and O–H groups in total. The molecule has 7 nitrogen and oxygen atoms in total. The Bertz CT molecular complexity index is 1030. The van der Waals surface area contributed by atoms with Gasteiger partial charge in [0.15, 0.2) is 0 Å². The molecule has 0 fully saturated rings. The van der Waals surface area contributed by atoms with E-state index in [9.17, 15) is 18.0 Å². The molecule has 30 heavy (non-hydrogen) atoms. The minimum atomic E-state index is -3.84. The molecule has 0 aliphatic carbocycles. The van der Waals surface area contributed by atoms with E-state index in [0.717, 1.165) is 10.6 Å². The lowest BCUT2D eigenvalue weighted by molar-refractivity contribution is -0.118. The minimum Gasteiger partial charge on any atom is -0.492 e. The van der Waals surface area contributed by atoms with Crippen molar-refractivity contribution in [2.45, 2.75) is 19.8 Å². The van der Waals surface area contributed by atoms with E-state index in [0.29, 0.717) is 21.5 Å². The topological polar surface area (TPSA) is 84.0 Å². The highest BCUT2D eigenvalue weighted by molar-refractivity contribution is 7.92. The van der Waals surface area contributed by atoms with Crippen LogP contribution in [0.1, 0.15) is 19.8 Å². The van der Waals surface area contributed by atoms with E-state index in [1.54, 1.807) is 37.4 Å². The molecule has 2 amide bonds. The summed E-state index contributed by atoms with van der Waals surface area (Å²) in [6, 6.07) is 10.9. The van der Waals surface area contributed by atoms with Crippen molar-refractivity contribution in [2.75, 3.05) is 29.1 Å². The number of hydrogen-bond donors (Lipinski definition) is 0. The number of nitrogens with zero attached hydrogens (tertiary/aromatic N) is 2. The number of carbonyl (C=O) groups is 2. The fourth-order valence-electron chi connectivity index (χ4n) is 2.61. The Morgan fingerprint density at radius 3 is 2.17 bits per heavy atom. The van der Waals surface area contributed by atoms with Gasteiger partial charge in [-0.3, -0.25) is 9.59 Å². The van der Waals surface area contributed by atoms with Crippen molar-refractivity contribution in [3.8, 4) is 5.75 Å². The number of benzene rings is 2. The molecule has 2 aromatic rings. The molecule has 2 aromatic carbocycles. The number of rotatable bonds is 8. The molecular weight excluding hydrogens is 451 g/mol. The molecule has 0 aliphatic heterocycles. The van der Waals surface area contributed by atoms with E-state index in [1.807, 2.05) is 0 Å². The highest BCUT2D eigenvalue weighted by Crippen LogP contribution is 2.28. The summed E-state index contributed by atoms with van der Waals surface area (Å²) >= 11 is 11.9. The van der Waals surface area contributed by atoms with Crippen LogP contribution in [0.2, 0.25) is 10.0 Å². The summed E-state index contributed by atoms with van der Waals surface area (Å²) in [5, 5.41) is 0.828. The zero-order valence-corrected chi connectivity index (χ0v) is 19.1. The van der Waals surface area contributed by atoms with Gasteiger partial charge in [0.05, 0.1) is 23.6 Å². The highest BCUT2D eigenvalue weighted by Gasteiger charge is 2.25. The van der Waals surface area contributed by atoms with Crippen LogP contribution in [0.5, 0.6) is 5.75 Å². The molecule has 0 bridgehead atoms. The molecule has 0 spiro atoms. The smallest absolute Gasteiger partial charge is 0.240 e. The predicted octanol–water partition coefficient (Wildman–Crippen LogP) is 4.13. The number of carbonyl (C=O) groups excluding carboxylic acids is 2. The second-order valence-electron chi connectivity index (χ2n) is 6.54. The monoisotopic (exact) mass is 472 g/mol. The Balaban J connectivity index is 2.04. The molecule has 0 aromatic heterocycles. The molecule has 0 radical (unpaired) electrons. The van der Waals surface area contributed by atoms with Crippen LogP contribution in [0, 0.1) is 0 Å². The van der Waals surface area contributed by atoms with Crippen LogP contribution in [0.15, 0.2) is 42.5 Å². The lowest BCUT2D eigenvalue weighted by Crippen LogP contribution is -2.36. The molecule has 0 unspecified atom stereocenters. The van der Waals surface area contributed by atoms with E-state index in [4.69, 9.17) is 27.9 Å². The SMILES string of the molecule is CC(=O)N(C)c1ccc(N(C(=O)CCCOc2ccc(Cl)cc2Cl)S(C)(=O)=O)cc1. The molecule has 0 saturated heterocycles. The van der Waals surface area contributed by atoms with Gasteiger partial charge in [0.25, 0.3) is 0 Å². The maximum atomic E-state index is 12.6. The quantitative estimate of drug-likeness (QED) is 0.539. The van der Waals surface area contributed by atoms with E-state index < -0.39 is 15.9 Å². The summed E-state index contributed by atoms with van der Waals surface area (Å²) in [5.41, 5.74) is 0.783. The van der Waals surface area contributed by atoms with Gasteiger partial charge >= 0.3 is 0 Å². The molecule has 162 valence electrons. The molecule has 0 heterocycles. The van der Waals surface area contributed by atoms with Crippen molar-refractivity contribution < 1.29 is 22.7 Å². The second kappa shape index (κ2) is 10.1. The molecule has 0 aliphatic rings. The zero-order valence-electron chi connectivity index (χ0n) is 16.8. The second-order valence-corrected chi connectivity index (χ2v) is 9.22. The number of halogens is 2. The Labute approximate surface area is 186 Å². The third-order valence-electron chi connectivity index (χ3n) is 4.19. The predicted molar refractivity (Wildman–Crippen MR) is 119 cm³/mol. The standard InChI is InChI=1S/C20H22Cl2N2O5S/c1-14(25)23(2)16-7-9-17(10-8-16)24(30(3,27)28)20(26)5-4-12-29-19-11-6-15(21)13-18(19)22/h6-11,13H,4-5,12H2,1-3H3. The number of ether oxygens (including phenoxy) is 1. The van der Waals surface area contributed by atoms with Gasteiger partial charge < -0.3 is 9.64 Å². The molecule has 2 rings (SSSR count). The van der Waals surface area contributed by atoms with Gasteiger partial charge in [0, 0.05) is 31.1 Å². The summed E-state index contributed by atoms with van der Waals surface area (Å²) in [4.78, 5) is 25.5. The average Bonchev–Trinajstić information content (AvgIpc) is 2.65. The Morgan fingerprint density at radius 1 is 1.03 bits per heavy atom. The van der Waals surface area contributed by atoms with Crippen LogP contribution in [0.3, 0.4) is 0 Å². The first-order valence-electron chi connectivity index (χ1n) is 8.96. The Kier molecular flexibility index (Phi) is 8.11. The number of sulfonamides is 1. The van der Waals surface area contributed by atoms with Crippen molar-refractivity contribution in [1.82, 2.24) is 0 Å². The lowest BCUT2D eigenvalue weighted by atomic mass is 10.2. The lowest BCUT2D eigenvalue weighted by Gasteiger charge is -2.22. The highest BCUT2D eigenvalue weighted by atomic mass is 35.5. The van der Waals surface area contributed by atoms with Gasteiger partial charge in [0.1, 0.15) is 5.75 Å². The van der Waals surface area contributed by atoms with Crippen molar-refractivity contribution in [1.29, 1.82) is 0 Å². The first-order valence-corrected chi connectivity index (χ1v) is 11.6. The van der Waals surface area contributed by atoms with Crippen LogP contribution < -0.4 is 13.9 Å². The van der Waals surface area contributed by atoms with Gasteiger partial charge in [0.2, 0.25) is 21.8 Å². The van der Waals surface area contributed by atoms with Crippen LogP contribution >= 0.6 is 23.2 Å². The first-order chi connectivity index (χ1) is 14.0. The van der Waals surface area contributed by atoms with Gasteiger partial charge in [-0.05, 0) is 48.9 Å². The first kappa shape index (κ1) is 24.0. The summed E-state index contributed by atoms with van der Waals surface area (Å²) in [5.74, 6) is -0.325. The van der Waals surface area contributed by atoms with Gasteiger partial charge in [-0.2, -0.15) is 0 Å². The Hall–Kier alpha value is -2.29. The summed E-state index contributed by atoms with van der Waals surface area (Å²) in [6.45, 7) is 1.59. The number of hydrogen-bond acceptors (Lipinski definition) is 5. The van der Waals surface area contributed by atoms with Crippen molar-refractivity contribution >= 4 is 56.4 Å². The van der Waals surface area contributed by atoms with Crippen LogP contribution in [0.4, 0.5) is 11.4 Å². The van der Waals surface area contributed by atoms with E-state index in [2.05, 4.69) is 0 Å². The van der Waals surface area contributed by atoms with Gasteiger partial charge in [-0.15, -0.1) is 0 Å². The summed E-state index contributed by atoms with van der Waals surface area (Å²) < 4.78 is 30.7. The largest absolute Gasteiger partial charge is 0.492 e. The third kappa shape index (κ3) is 6.35. The van der Waals surface area contributed by atoms with Crippen LogP contribution in [-0.2, 0) is 19.6 Å². The summed E-state index contributed by atoms with van der Waals surface area (Å²) in [7, 11) is -2.24. The summed E-state index contributed by atoms with van der Waals surface area (Å²) in [6.07, 6.45) is 1.20. The van der Waals surface area contributed by atoms with E-state index in [1.165, 1.54) is 24.0 Å². The maximum absolute atomic E-state index is 12.6. The Morgan fingerprint density at radius 2 is 1.63 bits per heavy atom. The van der Waals surface area contributed by atoms with Crippen molar-refractivity contribution in [3.05, 3.63) is 52.5 Å². The zero-order chi connectivity index (χ0) is 22.5. The molecule has 0 atom stereocenters. The molecule has 10 heteroatoms. The normalized spacial score (nSPS) is 11.1. The van der Waals surface area contributed by atoms with E-state index >= 15 is 0 Å². The van der Waals surface area contributed by atoms with Gasteiger partial charge in [-0.25, -0.2) is 12.7 Å². The van der Waals surface area contributed by atoms with Crippen LogP contribution in [0.25, 0.3) is 0 Å². The third-order valence-corrected chi connectivity index (χ3v) is 5.80. The molecular formula is C20H22Cl2N2O5S. The average molecular weight is 473 g/mol. The minimum absolute atomic E-state index is 0.0482. The van der Waals surface area contributed by atoms with Gasteiger partial charge in [-0.1, -0.05) is 23.2 Å². The number of amides is 2.